The minimum Gasteiger partial charge on any atom is -0.480 e. The number of aromatic nitrogens is 1. The Morgan fingerprint density at radius 2 is 1.47 bits per heavy atom. The maximum Gasteiger partial charge on any atom is 0.317 e. The van der Waals surface area contributed by atoms with Crippen LogP contribution in [-0.2, 0) is 33.9 Å². The van der Waals surface area contributed by atoms with Gasteiger partial charge in [0.25, 0.3) is 0 Å². The molecule has 0 fully saturated rings. The molecule has 0 saturated heterocycles. The molecule has 0 radical (unpaired) electrons. The second-order valence-corrected chi connectivity index (χ2v) is 10.0. The van der Waals surface area contributed by atoms with Crippen LogP contribution in [0.25, 0.3) is 0 Å². The van der Waals surface area contributed by atoms with Crippen LogP contribution in [0.3, 0.4) is 0 Å². The number of carboxylic acid groups (broad SMARTS) is 3. The van der Waals surface area contributed by atoms with Crippen molar-refractivity contribution in [3.05, 3.63) is 59.4 Å². The van der Waals surface area contributed by atoms with Gasteiger partial charge in [-0.05, 0) is 43.2 Å². The van der Waals surface area contributed by atoms with Crippen molar-refractivity contribution in [1.29, 1.82) is 0 Å². The predicted molar refractivity (Wildman–Crippen MR) is 145 cm³/mol. The summed E-state index contributed by atoms with van der Waals surface area (Å²) in [7, 11) is 0. The summed E-state index contributed by atoms with van der Waals surface area (Å²) in [6.45, 7) is 2.50. The van der Waals surface area contributed by atoms with E-state index in [-0.39, 0.29) is 45.3 Å². The Labute approximate surface area is 226 Å². The minimum absolute atomic E-state index is 0.205. The summed E-state index contributed by atoms with van der Waals surface area (Å²) in [6, 6.07) is 12.8. The lowest BCUT2D eigenvalue weighted by Crippen LogP contribution is -2.50. The Kier molecular flexibility index (Phi) is 10.7. The van der Waals surface area contributed by atoms with Crippen LogP contribution in [0.1, 0.15) is 23.9 Å². The Balaban J connectivity index is 1.97. The van der Waals surface area contributed by atoms with Gasteiger partial charge in [0.15, 0.2) is 0 Å². The van der Waals surface area contributed by atoms with Crippen LogP contribution in [0.2, 0.25) is 0 Å². The maximum atomic E-state index is 11.9. The van der Waals surface area contributed by atoms with E-state index in [0.717, 1.165) is 11.3 Å². The first kappa shape index (κ1) is 29.1. The summed E-state index contributed by atoms with van der Waals surface area (Å²) in [5.74, 6) is -2.99. The van der Waals surface area contributed by atoms with Crippen molar-refractivity contribution in [3.63, 3.8) is 0 Å². The highest BCUT2D eigenvalue weighted by atomic mass is 32.1. The highest BCUT2D eigenvalue weighted by molar-refractivity contribution is 7.80. The lowest BCUT2D eigenvalue weighted by atomic mass is 10.0. The first-order valence-electron chi connectivity index (χ1n) is 12.2. The van der Waals surface area contributed by atoms with Gasteiger partial charge in [0.2, 0.25) is 0 Å². The third-order valence-electron chi connectivity index (χ3n) is 6.13. The zero-order chi connectivity index (χ0) is 27.7. The fraction of sp³-hybridized carbons (Fsp3) is 0.423. The Morgan fingerprint density at radius 3 is 2.08 bits per heavy atom. The van der Waals surface area contributed by atoms with Crippen molar-refractivity contribution >= 4 is 40.8 Å². The summed E-state index contributed by atoms with van der Waals surface area (Å²) in [6.07, 6.45) is 0.471. The second kappa shape index (κ2) is 13.9. The van der Waals surface area contributed by atoms with E-state index in [0.29, 0.717) is 35.9 Å². The van der Waals surface area contributed by atoms with Crippen LogP contribution in [0.5, 0.6) is 0 Å². The molecule has 0 amide bonds. The van der Waals surface area contributed by atoms with Gasteiger partial charge in [-0.2, -0.15) is 0 Å². The minimum atomic E-state index is -1.01. The van der Waals surface area contributed by atoms with Gasteiger partial charge in [-0.1, -0.05) is 30.4 Å². The fourth-order valence-electron chi connectivity index (χ4n) is 4.55. The molecule has 2 heterocycles. The van der Waals surface area contributed by atoms with Gasteiger partial charge in [-0.15, -0.1) is 0 Å². The van der Waals surface area contributed by atoms with E-state index in [1.54, 1.807) is 22.8 Å². The number of hydrogen-bond donors (Lipinski definition) is 4. The van der Waals surface area contributed by atoms with Crippen molar-refractivity contribution in [2.45, 2.75) is 32.5 Å². The van der Waals surface area contributed by atoms with Gasteiger partial charge >= 0.3 is 17.9 Å². The number of carboxylic acids is 3. The standard InChI is InChI=1S/C26H33N5O6S/c1-18(38)27-20-7-5-19(6-8-20)11-23-14-30(16-25(34)35)10-9-29(15-24(32)33)12-21-3-2-4-22(28-21)13-31(23)17-26(36)37/h2-8,23H,9-17H2,1H3,(H,27,38)(H,32,33)(H,34,35)(H,36,37)/t23-/m0/s1. The molecule has 204 valence electrons. The molecule has 1 aromatic heterocycles. The normalized spacial score (nSPS) is 17.7. The number of nitrogens with one attached hydrogen (secondary N) is 1. The average Bonchev–Trinajstić information content (AvgIpc) is 2.81. The van der Waals surface area contributed by atoms with Crippen LogP contribution in [-0.4, -0.2) is 103 Å². The molecule has 1 atom stereocenters. The van der Waals surface area contributed by atoms with E-state index in [9.17, 15) is 29.7 Å². The molecule has 0 unspecified atom stereocenters. The van der Waals surface area contributed by atoms with Crippen molar-refractivity contribution in [3.8, 4) is 0 Å². The summed E-state index contributed by atoms with van der Waals surface area (Å²) in [5, 5.41) is 31.8. The van der Waals surface area contributed by atoms with Crippen LogP contribution in [0.4, 0.5) is 5.69 Å². The number of fused-ring (bicyclic) bond motifs is 2. The number of carbonyl (C=O) groups is 3. The molecule has 0 spiro atoms. The van der Waals surface area contributed by atoms with Gasteiger partial charge in [0.1, 0.15) is 0 Å². The van der Waals surface area contributed by atoms with Gasteiger partial charge in [0.05, 0.1) is 36.0 Å². The zero-order valence-electron chi connectivity index (χ0n) is 21.2. The van der Waals surface area contributed by atoms with Crippen molar-refractivity contribution < 1.29 is 29.7 Å². The van der Waals surface area contributed by atoms with Gasteiger partial charge in [-0.3, -0.25) is 34.1 Å². The lowest BCUT2D eigenvalue weighted by molar-refractivity contribution is -0.141. The summed E-state index contributed by atoms with van der Waals surface area (Å²) >= 11 is 5.10. The number of rotatable bonds is 9. The van der Waals surface area contributed by atoms with E-state index in [1.807, 2.05) is 41.3 Å². The summed E-state index contributed by atoms with van der Waals surface area (Å²) in [4.78, 5) is 45.6. The molecule has 1 aliphatic heterocycles. The molecule has 1 aromatic carbocycles. The third-order valence-corrected chi connectivity index (χ3v) is 6.24. The molecular weight excluding hydrogens is 510 g/mol. The van der Waals surface area contributed by atoms with E-state index < -0.39 is 17.9 Å². The van der Waals surface area contributed by atoms with Crippen molar-refractivity contribution in [2.75, 3.05) is 44.6 Å². The smallest absolute Gasteiger partial charge is 0.317 e. The highest BCUT2D eigenvalue weighted by Gasteiger charge is 2.27. The van der Waals surface area contributed by atoms with E-state index in [1.165, 1.54) is 0 Å². The van der Waals surface area contributed by atoms with Crippen LogP contribution >= 0.6 is 12.2 Å². The number of thiocarbonyl (C=S) groups is 1. The first-order valence-corrected chi connectivity index (χ1v) is 12.6. The van der Waals surface area contributed by atoms with Gasteiger partial charge in [0, 0.05) is 44.5 Å². The summed E-state index contributed by atoms with van der Waals surface area (Å²) in [5.41, 5.74) is 3.12. The Morgan fingerprint density at radius 1 is 0.895 bits per heavy atom. The Hall–Kier alpha value is -3.45. The molecule has 11 nitrogen and oxygen atoms in total. The number of aliphatic carboxylic acids is 3. The Bertz CT molecular complexity index is 1150. The third kappa shape index (κ3) is 9.78. The van der Waals surface area contributed by atoms with Crippen molar-refractivity contribution in [2.24, 2.45) is 0 Å². The monoisotopic (exact) mass is 543 g/mol. The van der Waals surface area contributed by atoms with E-state index >= 15 is 0 Å². The summed E-state index contributed by atoms with van der Waals surface area (Å²) < 4.78 is 0. The molecule has 0 saturated carbocycles. The number of hydrogen-bond acceptors (Lipinski definition) is 8. The lowest BCUT2D eigenvalue weighted by Gasteiger charge is -2.36. The molecule has 2 bridgehead atoms. The molecule has 1 aliphatic rings. The quantitative estimate of drug-likeness (QED) is 0.341. The fourth-order valence-corrected chi connectivity index (χ4v) is 4.67. The number of pyridine rings is 1. The van der Waals surface area contributed by atoms with E-state index in [4.69, 9.17) is 12.2 Å². The average molecular weight is 544 g/mol. The van der Waals surface area contributed by atoms with Crippen LogP contribution in [0.15, 0.2) is 42.5 Å². The van der Waals surface area contributed by atoms with Crippen LogP contribution in [0, 0.1) is 0 Å². The SMILES string of the molecule is CC(=S)Nc1ccc(C[C@H]2CN(CC(=O)O)CCN(CC(=O)O)Cc3cccc(n3)CN2CC(=O)O)cc1. The maximum absolute atomic E-state index is 11.9. The topological polar surface area (TPSA) is 147 Å². The predicted octanol–water partition coefficient (Wildman–Crippen LogP) is 1.63. The van der Waals surface area contributed by atoms with E-state index in [2.05, 4.69) is 10.3 Å². The number of anilines is 1. The molecule has 38 heavy (non-hydrogen) atoms. The molecule has 4 N–H and O–H groups in total. The highest BCUT2D eigenvalue weighted by Crippen LogP contribution is 2.18. The van der Waals surface area contributed by atoms with Gasteiger partial charge in [-0.25, -0.2) is 0 Å². The largest absolute Gasteiger partial charge is 0.480 e. The molecule has 0 aliphatic carbocycles. The number of benzene rings is 1. The molecule has 3 rings (SSSR count). The zero-order valence-corrected chi connectivity index (χ0v) is 22.1. The van der Waals surface area contributed by atoms with Gasteiger partial charge < -0.3 is 20.6 Å². The van der Waals surface area contributed by atoms with Crippen LogP contribution < -0.4 is 5.32 Å². The molecule has 12 heteroatoms. The number of nitrogens with zero attached hydrogens (tertiary/aromatic N) is 4. The molecular formula is C26H33N5O6S. The molecule has 2 aromatic rings. The second-order valence-electron chi connectivity index (χ2n) is 9.39. The first-order chi connectivity index (χ1) is 18.1. The van der Waals surface area contributed by atoms with Crippen molar-refractivity contribution in [1.82, 2.24) is 19.7 Å².